The summed E-state index contributed by atoms with van der Waals surface area (Å²) in [7, 11) is -3.53. The summed E-state index contributed by atoms with van der Waals surface area (Å²) in [4.78, 5) is 17.8. The minimum atomic E-state index is -3.53. The Morgan fingerprint density at radius 3 is 2.52 bits per heavy atom. The summed E-state index contributed by atoms with van der Waals surface area (Å²) in [5.41, 5.74) is 8.64. The number of hydrogen-bond donors (Lipinski definition) is 1. The fourth-order valence-corrected chi connectivity index (χ4v) is 6.42. The van der Waals surface area contributed by atoms with Crippen LogP contribution in [0.25, 0.3) is 21.3 Å². The van der Waals surface area contributed by atoms with Gasteiger partial charge in [0.15, 0.2) is 9.84 Å². The van der Waals surface area contributed by atoms with Gasteiger partial charge in [0, 0.05) is 10.9 Å². The minimum absolute atomic E-state index is 0.0326. The molecule has 2 aromatic heterocycles. The summed E-state index contributed by atoms with van der Waals surface area (Å²) in [6, 6.07) is 9.30. The maximum Gasteiger partial charge on any atom is 0.340 e. The standard InChI is InChI=1S/C21H24N2O4S2/c1-4-6-12-29(25,26)21-18(22)17-16(14-10-8-7-9-11-14)15(20(24)27-5-2)13(3)23-19(17)28-21/h7-11H,4-6,12,22H2,1-3H3. The number of thiophene rings is 1. The lowest BCUT2D eigenvalue weighted by Gasteiger charge is -2.13. The molecule has 0 bridgehead atoms. The second-order valence-electron chi connectivity index (χ2n) is 6.69. The highest BCUT2D eigenvalue weighted by Crippen LogP contribution is 2.44. The predicted molar refractivity (Wildman–Crippen MR) is 117 cm³/mol. The number of nitrogen functional groups attached to an aromatic ring is 1. The van der Waals surface area contributed by atoms with Crippen molar-refractivity contribution in [3.8, 4) is 11.1 Å². The van der Waals surface area contributed by atoms with E-state index in [-0.39, 0.29) is 22.3 Å². The van der Waals surface area contributed by atoms with Gasteiger partial charge in [0.2, 0.25) is 0 Å². The van der Waals surface area contributed by atoms with E-state index in [1.165, 1.54) is 0 Å². The van der Waals surface area contributed by atoms with E-state index in [0.29, 0.717) is 33.5 Å². The van der Waals surface area contributed by atoms with Gasteiger partial charge in [0.05, 0.1) is 29.3 Å². The predicted octanol–water partition coefficient (Wildman–Crippen LogP) is 4.60. The lowest BCUT2D eigenvalue weighted by Crippen LogP contribution is -2.11. The normalized spacial score (nSPS) is 11.7. The first kappa shape index (κ1) is 21.3. The molecule has 0 saturated carbocycles. The number of carbonyl (C=O) groups excluding carboxylic acids is 1. The number of sulfone groups is 1. The molecule has 0 unspecified atom stereocenters. The van der Waals surface area contributed by atoms with Crippen LogP contribution in [0.3, 0.4) is 0 Å². The summed E-state index contributed by atoms with van der Waals surface area (Å²) < 4.78 is 31.1. The lowest BCUT2D eigenvalue weighted by atomic mass is 9.96. The van der Waals surface area contributed by atoms with Crippen LogP contribution in [0.4, 0.5) is 5.69 Å². The lowest BCUT2D eigenvalue weighted by molar-refractivity contribution is 0.0526. The average Bonchev–Trinajstić information content (AvgIpc) is 3.03. The van der Waals surface area contributed by atoms with Crippen molar-refractivity contribution >= 4 is 43.0 Å². The van der Waals surface area contributed by atoms with Crippen LogP contribution in [-0.4, -0.2) is 31.7 Å². The number of benzene rings is 1. The maximum atomic E-state index is 12.8. The molecule has 0 radical (unpaired) electrons. The molecule has 2 heterocycles. The second kappa shape index (κ2) is 8.51. The molecule has 154 valence electrons. The van der Waals surface area contributed by atoms with Gasteiger partial charge in [-0.05, 0) is 25.8 Å². The first-order valence-electron chi connectivity index (χ1n) is 9.49. The van der Waals surface area contributed by atoms with Crippen molar-refractivity contribution in [2.45, 2.75) is 37.8 Å². The molecule has 0 spiro atoms. The van der Waals surface area contributed by atoms with Crippen molar-refractivity contribution in [1.82, 2.24) is 4.98 Å². The third-order valence-corrected chi connectivity index (χ3v) is 8.13. The molecule has 1 aromatic carbocycles. The van der Waals surface area contributed by atoms with E-state index in [2.05, 4.69) is 4.98 Å². The number of ether oxygens (including phenoxy) is 1. The van der Waals surface area contributed by atoms with E-state index in [0.717, 1.165) is 23.3 Å². The first-order chi connectivity index (χ1) is 13.8. The van der Waals surface area contributed by atoms with Crippen molar-refractivity contribution in [2.24, 2.45) is 0 Å². The van der Waals surface area contributed by atoms with Crippen LogP contribution in [0, 0.1) is 6.92 Å². The van der Waals surface area contributed by atoms with Crippen molar-refractivity contribution in [2.75, 3.05) is 18.1 Å². The summed E-state index contributed by atoms with van der Waals surface area (Å²) in [6.45, 7) is 5.62. The average molecular weight is 433 g/mol. The van der Waals surface area contributed by atoms with E-state index in [1.807, 2.05) is 37.3 Å². The SMILES string of the molecule is CCCCS(=O)(=O)c1sc2nc(C)c(C(=O)OCC)c(-c3ccccc3)c2c1N. The molecule has 3 rings (SSSR count). The zero-order chi connectivity index (χ0) is 21.2. The third-order valence-electron chi connectivity index (χ3n) is 4.61. The molecular weight excluding hydrogens is 408 g/mol. The number of aryl methyl sites for hydroxylation is 1. The van der Waals surface area contributed by atoms with Gasteiger partial charge in [-0.1, -0.05) is 43.7 Å². The number of rotatable bonds is 7. The molecular formula is C21H24N2O4S2. The smallest absolute Gasteiger partial charge is 0.340 e. The topological polar surface area (TPSA) is 99.3 Å². The molecule has 3 aromatic rings. The monoisotopic (exact) mass is 432 g/mol. The molecule has 2 N–H and O–H groups in total. The molecule has 0 saturated heterocycles. The van der Waals surface area contributed by atoms with E-state index in [1.54, 1.807) is 13.8 Å². The Labute approximate surface area is 174 Å². The van der Waals surface area contributed by atoms with Crippen LogP contribution in [0.5, 0.6) is 0 Å². The molecule has 0 aliphatic heterocycles. The Morgan fingerprint density at radius 2 is 1.90 bits per heavy atom. The number of fused-ring (bicyclic) bond motifs is 1. The van der Waals surface area contributed by atoms with Crippen LogP contribution in [0.15, 0.2) is 34.5 Å². The van der Waals surface area contributed by atoms with Crippen LogP contribution >= 0.6 is 11.3 Å². The zero-order valence-electron chi connectivity index (χ0n) is 16.7. The Bertz CT molecular complexity index is 1150. The second-order valence-corrected chi connectivity index (χ2v) is 9.99. The number of hydrogen-bond acceptors (Lipinski definition) is 7. The highest BCUT2D eigenvalue weighted by atomic mass is 32.2. The number of anilines is 1. The minimum Gasteiger partial charge on any atom is -0.462 e. The van der Waals surface area contributed by atoms with E-state index < -0.39 is 15.8 Å². The van der Waals surface area contributed by atoms with Gasteiger partial charge in [0.25, 0.3) is 0 Å². The Morgan fingerprint density at radius 1 is 1.21 bits per heavy atom. The van der Waals surface area contributed by atoms with Crippen molar-refractivity contribution in [3.05, 3.63) is 41.6 Å². The van der Waals surface area contributed by atoms with Crippen LogP contribution in [0.2, 0.25) is 0 Å². The molecule has 0 aliphatic rings. The van der Waals surface area contributed by atoms with E-state index in [9.17, 15) is 13.2 Å². The van der Waals surface area contributed by atoms with Gasteiger partial charge in [0.1, 0.15) is 9.04 Å². The summed E-state index contributed by atoms with van der Waals surface area (Å²) in [5.74, 6) is -0.468. The summed E-state index contributed by atoms with van der Waals surface area (Å²) >= 11 is 1.06. The fraction of sp³-hybridized carbons (Fsp3) is 0.333. The Hall–Kier alpha value is -2.45. The zero-order valence-corrected chi connectivity index (χ0v) is 18.3. The number of esters is 1. The van der Waals surface area contributed by atoms with Gasteiger partial charge in [-0.3, -0.25) is 0 Å². The number of carbonyl (C=O) groups is 1. The molecule has 0 atom stereocenters. The fourth-order valence-electron chi connectivity index (χ4n) is 3.25. The molecule has 29 heavy (non-hydrogen) atoms. The van der Waals surface area contributed by atoms with Gasteiger partial charge in [-0.2, -0.15) is 0 Å². The van der Waals surface area contributed by atoms with Gasteiger partial charge < -0.3 is 10.5 Å². The van der Waals surface area contributed by atoms with Gasteiger partial charge in [-0.15, -0.1) is 11.3 Å². The van der Waals surface area contributed by atoms with Gasteiger partial charge >= 0.3 is 5.97 Å². The number of nitrogens with two attached hydrogens (primary N) is 1. The summed E-state index contributed by atoms with van der Waals surface area (Å²) in [5, 5.41) is 0.491. The van der Waals surface area contributed by atoms with Crippen molar-refractivity contribution in [3.63, 3.8) is 0 Å². The summed E-state index contributed by atoms with van der Waals surface area (Å²) in [6.07, 6.45) is 1.33. The van der Waals surface area contributed by atoms with E-state index in [4.69, 9.17) is 10.5 Å². The third kappa shape index (κ3) is 4.00. The maximum absolute atomic E-state index is 12.8. The number of pyridine rings is 1. The highest BCUT2D eigenvalue weighted by molar-refractivity contribution is 7.93. The largest absolute Gasteiger partial charge is 0.462 e. The molecule has 8 heteroatoms. The molecule has 0 aliphatic carbocycles. The molecule has 0 amide bonds. The quantitative estimate of drug-likeness (QED) is 0.548. The van der Waals surface area contributed by atoms with Crippen LogP contribution in [-0.2, 0) is 14.6 Å². The number of aromatic nitrogens is 1. The molecule has 6 nitrogen and oxygen atoms in total. The van der Waals surface area contributed by atoms with E-state index >= 15 is 0 Å². The Balaban J connectivity index is 2.38. The van der Waals surface area contributed by atoms with Gasteiger partial charge in [-0.25, -0.2) is 18.2 Å². The number of unbranched alkanes of at least 4 members (excludes halogenated alkanes) is 1. The van der Waals surface area contributed by atoms with Crippen molar-refractivity contribution < 1.29 is 17.9 Å². The molecule has 0 fully saturated rings. The number of nitrogens with zero attached hydrogens (tertiary/aromatic N) is 1. The van der Waals surface area contributed by atoms with Crippen LogP contribution in [0.1, 0.15) is 42.7 Å². The Kier molecular flexibility index (Phi) is 6.24. The first-order valence-corrected chi connectivity index (χ1v) is 12.0. The highest BCUT2D eigenvalue weighted by Gasteiger charge is 2.29. The van der Waals surface area contributed by atoms with Crippen molar-refractivity contribution in [1.29, 1.82) is 0 Å². The van der Waals surface area contributed by atoms with Crippen LogP contribution < -0.4 is 5.73 Å².